The molecule has 3 aromatic rings. The Balaban J connectivity index is 1.66. The van der Waals surface area contributed by atoms with Gasteiger partial charge in [0.1, 0.15) is 11.5 Å². The highest BCUT2D eigenvalue weighted by Gasteiger charge is 2.09. The zero-order valence-electron chi connectivity index (χ0n) is 14.1. The van der Waals surface area contributed by atoms with E-state index in [1.807, 2.05) is 41.8 Å². The van der Waals surface area contributed by atoms with Crippen LogP contribution in [0.25, 0.3) is 11.1 Å². The number of hydrogen-bond donors (Lipinski definition) is 1. The maximum Gasteiger partial charge on any atom is 0.251 e. The van der Waals surface area contributed by atoms with Gasteiger partial charge in [-0.1, -0.05) is 12.1 Å². The molecule has 1 amide bonds. The third-order valence-electron chi connectivity index (χ3n) is 3.94. The van der Waals surface area contributed by atoms with Crippen LogP contribution in [0.3, 0.4) is 0 Å². The van der Waals surface area contributed by atoms with Crippen molar-refractivity contribution in [2.24, 2.45) is 0 Å². The van der Waals surface area contributed by atoms with E-state index >= 15 is 0 Å². The molecule has 0 bridgehead atoms. The van der Waals surface area contributed by atoms with E-state index in [0.29, 0.717) is 17.9 Å². The Morgan fingerprint density at radius 2 is 1.80 bits per heavy atom. The molecule has 1 aromatic heterocycles. The van der Waals surface area contributed by atoms with Gasteiger partial charge in [-0.05, 0) is 52.2 Å². The molecule has 0 unspecified atom stereocenters. The first-order valence-corrected chi connectivity index (χ1v) is 8.77. The third kappa shape index (κ3) is 4.00. The Morgan fingerprint density at radius 3 is 2.44 bits per heavy atom. The smallest absolute Gasteiger partial charge is 0.251 e. The summed E-state index contributed by atoms with van der Waals surface area (Å²) in [5.41, 5.74) is 3.80. The molecule has 1 heterocycles. The molecular formula is C20H19NO3S. The Hall–Kier alpha value is -2.79. The standard InChI is InChI=1S/C20H19NO3S/c1-23-18-8-7-16(19(11-18)24-2)12-21-20(22)15-5-3-14(4-6-15)17-9-10-25-13-17/h3-11,13H,12H2,1-2H3,(H,21,22). The first-order valence-electron chi connectivity index (χ1n) is 7.83. The van der Waals surface area contributed by atoms with Gasteiger partial charge in [-0.2, -0.15) is 11.3 Å². The number of ether oxygens (including phenoxy) is 2. The van der Waals surface area contributed by atoms with Gasteiger partial charge in [-0.25, -0.2) is 0 Å². The SMILES string of the molecule is COc1ccc(CNC(=O)c2ccc(-c3ccsc3)cc2)c(OC)c1. The van der Waals surface area contributed by atoms with E-state index in [-0.39, 0.29) is 5.91 Å². The number of carbonyl (C=O) groups excluding carboxylic acids is 1. The lowest BCUT2D eigenvalue weighted by molar-refractivity contribution is 0.0950. The molecule has 0 fully saturated rings. The number of nitrogens with one attached hydrogen (secondary N) is 1. The molecule has 128 valence electrons. The highest BCUT2D eigenvalue weighted by molar-refractivity contribution is 7.08. The summed E-state index contributed by atoms with van der Waals surface area (Å²) < 4.78 is 10.5. The molecule has 0 saturated carbocycles. The van der Waals surface area contributed by atoms with E-state index in [2.05, 4.69) is 16.8 Å². The van der Waals surface area contributed by atoms with Gasteiger partial charge in [-0.15, -0.1) is 0 Å². The van der Waals surface area contributed by atoms with Crippen LogP contribution in [-0.2, 0) is 6.54 Å². The predicted octanol–water partition coefficient (Wildman–Crippen LogP) is 4.36. The molecule has 5 heteroatoms. The van der Waals surface area contributed by atoms with E-state index in [1.165, 1.54) is 5.56 Å². The van der Waals surface area contributed by atoms with Crippen molar-refractivity contribution in [2.75, 3.05) is 14.2 Å². The summed E-state index contributed by atoms with van der Waals surface area (Å²) in [5.74, 6) is 1.29. The van der Waals surface area contributed by atoms with E-state index in [4.69, 9.17) is 9.47 Å². The molecule has 0 saturated heterocycles. The number of methoxy groups -OCH3 is 2. The van der Waals surface area contributed by atoms with Crippen LogP contribution in [0.1, 0.15) is 15.9 Å². The predicted molar refractivity (Wildman–Crippen MR) is 100 cm³/mol. The number of rotatable bonds is 6. The summed E-state index contributed by atoms with van der Waals surface area (Å²) in [7, 11) is 3.21. The van der Waals surface area contributed by atoms with Gasteiger partial charge in [0.15, 0.2) is 0 Å². The van der Waals surface area contributed by atoms with Gasteiger partial charge < -0.3 is 14.8 Å². The zero-order chi connectivity index (χ0) is 17.6. The third-order valence-corrected chi connectivity index (χ3v) is 4.62. The molecule has 0 aliphatic carbocycles. The minimum absolute atomic E-state index is 0.116. The second-order valence-corrected chi connectivity index (χ2v) is 6.23. The quantitative estimate of drug-likeness (QED) is 0.716. The van der Waals surface area contributed by atoms with Gasteiger partial charge in [0.25, 0.3) is 5.91 Å². The summed E-state index contributed by atoms with van der Waals surface area (Å²) in [6.45, 7) is 0.387. The molecule has 25 heavy (non-hydrogen) atoms. The van der Waals surface area contributed by atoms with Crippen molar-refractivity contribution >= 4 is 17.2 Å². The Kier molecular flexibility index (Phi) is 5.36. The van der Waals surface area contributed by atoms with Crippen molar-refractivity contribution in [3.05, 3.63) is 70.4 Å². The molecule has 0 radical (unpaired) electrons. The highest BCUT2D eigenvalue weighted by atomic mass is 32.1. The normalized spacial score (nSPS) is 10.3. The molecular weight excluding hydrogens is 334 g/mol. The number of thiophene rings is 1. The number of amides is 1. The first-order chi connectivity index (χ1) is 12.2. The van der Waals surface area contributed by atoms with E-state index in [9.17, 15) is 4.79 Å². The monoisotopic (exact) mass is 353 g/mol. The van der Waals surface area contributed by atoms with E-state index < -0.39 is 0 Å². The molecule has 0 atom stereocenters. The summed E-state index contributed by atoms with van der Waals surface area (Å²) >= 11 is 1.66. The Labute approximate surface area is 151 Å². The lowest BCUT2D eigenvalue weighted by atomic mass is 10.1. The largest absolute Gasteiger partial charge is 0.497 e. The number of hydrogen-bond acceptors (Lipinski definition) is 4. The van der Waals surface area contributed by atoms with Crippen LogP contribution in [0.15, 0.2) is 59.3 Å². The Bertz CT molecular complexity index is 842. The first kappa shape index (κ1) is 17.0. The number of benzene rings is 2. The zero-order valence-corrected chi connectivity index (χ0v) is 14.9. The summed E-state index contributed by atoms with van der Waals surface area (Å²) in [5, 5.41) is 7.05. The van der Waals surface area contributed by atoms with E-state index in [0.717, 1.165) is 16.9 Å². The van der Waals surface area contributed by atoms with Gasteiger partial charge in [0.05, 0.1) is 14.2 Å². The summed E-state index contributed by atoms with van der Waals surface area (Å²) in [6.07, 6.45) is 0. The maximum absolute atomic E-state index is 12.4. The lowest BCUT2D eigenvalue weighted by Crippen LogP contribution is -2.23. The average molecular weight is 353 g/mol. The van der Waals surface area contributed by atoms with Crippen LogP contribution in [0.4, 0.5) is 0 Å². The Morgan fingerprint density at radius 1 is 1.00 bits per heavy atom. The minimum Gasteiger partial charge on any atom is -0.497 e. The van der Waals surface area contributed by atoms with Crippen molar-refractivity contribution in [3.8, 4) is 22.6 Å². The van der Waals surface area contributed by atoms with Crippen LogP contribution in [-0.4, -0.2) is 20.1 Å². The van der Waals surface area contributed by atoms with E-state index in [1.54, 1.807) is 31.6 Å². The summed E-state index contributed by atoms with van der Waals surface area (Å²) in [6, 6.07) is 15.2. The van der Waals surface area contributed by atoms with Gasteiger partial charge in [0, 0.05) is 23.7 Å². The van der Waals surface area contributed by atoms with Crippen molar-refractivity contribution in [3.63, 3.8) is 0 Å². The van der Waals surface area contributed by atoms with Crippen LogP contribution in [0, 0.1) is 0 Å². The van der Waals surface area contributed by atoms with Crippen LogP contribution < -0.4 is 14.8 Å². The van der Waals surface area contributed by atoms with Crippen molar-refractivity contribution in [1.29, 1.82) is 0 Å². The van der Waals surface area contributed by atoms with Crippen molar-refractivity contribution < 1.29 is 14.3 Å². The molecule has 0 spiro atoms. The van der Waals surface area contributed by atoms with Crippen molar-refractivity contribution in [2.45, 2.75) is 6.54 Å². The molecule has 3 rings (SSSR count). The molecule has 0 aliphatic rings. The topological polar surface area (TPSA) is 47.6 Å². The minimum atomic E-state index is -0.116. The van der Waals surface area contributed by atoms with Crippen molar-refractivity contribution in [1.82, 2.24) is 5.32 Å². The van der Waals surface area contributed by atoms with Gasteiger partial charge in [0.2, 0.25) is 0 Å². The fourth-order valence-electron chi connectivity index (χ4n) is 2.52. The average Bonchev–Trinajstić information content (AvgIpc) is 3.20. The van der Waals surface area contributed by atoms with Crippen LogP contribution >= 0.6 is 11.3 Å². The van der Waals surface area contributed by atoms with Crippen LogP contribution in [0.5, 0.6) is 11.5 Å². The molecule has 1 N–H and O–H groups in total. The lowest BCUT2D eigenvalue weighted by Gasteiger charge is -2.11. The highest BCUT2D eigenvalue weighted by Crippen LogP contribution is 2.25. The second kappa shape index (κ2) is 7.85. The fourth-order valence-corrected chi connectivity index (χ4v) is 3.18. The number of carbonyl (C=O) groups is 1. The second-order valence-electron chi connectivity index (χ2n) is 5.45. The maximum atomic E-state index is 12.4. The van der Waals surface area contributed by atoms with Gasteiger partial charge in [-0.3, -0.25) is 4.79 Å². The molecule has 2 aromatic carbocycles. The molecule has 0 aliphatic heterocycles. The fraction of sp³-hybridized carbons (Fsp3) is 0.150. The van der Waals surface area contributed by atoms with Gasteiger partial charge >= 0.3 is 0 Å². The summed E-state index contributed by atoms with van der Waals surface area (Å²) in [4.78, 5) is 12.4. The molecule has 4 nitrogen and oxygen atoms in total. The van der Waals surface area contributed by atoms with Crippen LogP contribution in [0.2, 0.25) is 0 Å².